The molecule has 4 rings (SSSR count). The molecule has 3 nitrogen and oxygen atoms in total. The largest absolute Gasteiger partial charge is 0.274 e. The normalized spacial score (nSPS) is 34.2. The molecule has 4 atom stereocenters. The van der Waals surface area contributed by atoms with Crippen LogP contribution in [-0.2, 0) is 9.59 Å². The van der Waals surface area contributed by atoms with Crippen LogP contribution in [0.1, 0.15) is 12.0 Å². The van der Waals surface area contributed by atoms with Crippen molar-refractivity contribution in [3.05, 3.63) is 40.4 Å². The molecule has 1 saturated carbocycles. The molecular formula is C16H14BrNO2. The molecule has 2 aliphatic carbocycles. The van der Waals surface area contributed by atoms with Gasteiger partial charge in [-0.2, -0.15) is 0 Å². The number of benzene rings is 1. The Bertz CT molecular complexity index is 636. The maximum Gasteiger partial charge on any atom is 0.238 e. The molecule has 0 aromatic heterocycles. The van der Waals surface area contributed by atoms with Crippen LogP contribution in [0.5, 0.6) is 0 Å². The number of hydrogen-bond donors (Lipinski definition) is 0. The fourth-order valence-electron chi connectivity index (χ4n) is 3.88. The number of hydrogen-bond acceptors (Lipinski definition) is 2. The van der Waals surface area contributed by atoms with Crippen molar-refractivity contribution in [3.8, 4) is 0 Å². The van der Waals surface area contributed by atoms with E-state index in [1.165, 1.54) is 4.90 Å². The molecule has 20 heavy (non-hydrogen) atoms. The number of allylic oxidation sites excluding steroid dienone is 2. The number of anilines is 1. The molecule has 1 aliphatic heterocycles. The second kappa shape index (κ2) is 4.04. The van der Waals surface area contributed by atoms with Crippen molar-refractivity contribution in [2.75, 3.05) is 4.90 Å². The number of amides is 2. The molecule has 0 N–H and O–H groups in total. The number of carbonyl (C=O) groups is 2. The second-order valence-corrected chi connectivity index (χ2v) is 6.80. The molecule has 0 spiro atoms. The maximum absolute atomic E-state index is 12.6. The Morgan fingerprint density at radius 1 is 1.10 bits per heavy atom. The van der Waals surface area contributed by atoms with Gasteiger partial charge in [0.2, 0.25) is 11.8 Å². The van der Waals surface area contributed by atoms with Crippen LogP contribution in [0, 0.1) is 30.6 Å². The van der Waals surface area contributed by atoms with Gasteiger partial charge in [0.15, 0.2) is 0 Å². The standard InChI is InChI=1S/C16H14BrNO2/c1-8-2-5-11(7-12(8)17)18-15(19)13-9-3-4-10(6-9)14(13)16(18)20/h2-5,7,9-10,13-14H,6H2,1H3/t9-,10-,13-,14-/m0/s1. The van der Waals surface area contributed by atoms with E-state index in [2.05, 4.69) is 28.1 Å². The lowest BCUT2D eigenvalue weighted by Gasteiger charge is -2.18. The molecule has 0 unspecified atom stereocenters. The second-order valence-electron chi connectivity index (χ2n) is 5.95. The predicted octanol–water partition coefficient (Wildman–Crippen LogP) is 3.07. The average Bonchev–Trinajstić information content (AvgIpc) is 3.08. The molecule has 2 bridgehead atoms. The van der Waals surface area contributed by atoms with Gasteiger partial charge in [-0.05, 0) is 42.9 Å². The van der Waals surface area contributed by atoms with Gasteiger partial charge in [-0.25, -0.2) is 4.90 Å². The van der Waals surface area contributed by atoms with E-state index in [-0.39, 0.29) is 35.5 Å². The number of carbonyl (C=O) groups excluding carboxylic acids is 2. The highest BCUT2D eigenvalue weighted by Crippen LogP contribution is 2.53. The summed E-state index contributed by atoms with van der Waals surface area (Å²) in [5, 5.41) is 0. The monoisotopic (exact) mass is 331 g/mol. The first-order valence-electron chi connectivity index (χ1n) is 6.90. The third-order valence-electron chi connectivity index (χ3n) is 4.88. The summed E-state index contributed by atoms with van der Waals surface area (Å²) >= 11 is 3.47. The van der Waals surface area contributed by atoms with Crippen LogP contribution in [0.4, 0.5) is 5.69 Å². The summed E-state index contributed by atoms with van der Waals surface area (Å²) in [5.74, 6) is 0.232. The van der Waals surface area contributed by atoms with Crippen LogP contribution in [0.25, 0.3) is 0 Å². The van der Waals surface area contributed by atoms with Crippen molar-refractivity contribution in [2.45, 2.75) is 13.3 Å². The summed E-state index contributed by atoms with van der Waals surface area (Å²) in [5.41, 5.74) is 1.78. The molecule has 1 saturated heterocycles. The van der Waals surface area contributed by atoms with E-state index in [1.54, 1.807) is 0 Å². The van der Waals surface area contributed by atoms with Crippen molar-refractivity contribution in [1.82, 2.24) is 0 Å². The number of imide groups is 1. The van der Waals surface area contributed by atoms with Gasteiger partial charge in [-0.15, -0.1) is 0 Å². The first-order valence-corrected chi connectivity index (χ1v) is 7.69. The summed E-state index contributed by atoms with van der Waals surface area (Å²) < 4.78 is 0.925. The van der Waals surface area contributed by atoms with Crippen LogP contribution in [0.2, 0.25) is 0 Å². The van der Waals surface area contributed by atoms with E-state index in [4.69, 9.17) is 0 Å². The Morgan fingerprint density at radius 3 is 2.25 bits per heavy atom. The van der Waals surface area contributed by atoms with Crippen molar-refractivity contribution >= 4 is 33.4 Å². The molecule has 102 valence electrons. The molecule has 4 heteroatoms. The van der Waals surface area contributed by atoms with Gasteiger partial charge in [-0.1, -0.05) is 34.1 Å². The van der Waals surface area contributed by atoms with Gasteiger partial charge in [0.05, 0.1) is 17.5 Å². The number of nitrogens with zero attached hydrogens (tertiary/aromatic N) is 1. The molecule has 1 heterocycles. The van der Waals surface area contributed by atoms with Crippen LogP contribution >= 0.6 is 15.9 Å². The SMILES string of the molecule is Cc1ccc(N2C(=O)[C@@H]3[C@@H](C2=O)[C@H]2C=C[C@H]3C2)cc1Br. The first-order chi connectivity index (χ1) is 9.58. The number of halogens is 1. The third kappa shape index (κ3) is 1.46. The quantitative estimate of drug-likeness (QED) is 0.585. The summed E-state index contributed by atoms with van der Waals surface area (Å²) in [6.45, 7) is 1.99. The summed E-state index contributed by atoms with van der Waals surface area (Å²) in [7, 11) is 0. The summed E-state index contributed by atoms with van der Waals surface area (Å²) in [4.78, 5) is 26.7. The minimum atomic E-state index is -0.127. The topological polar surface area (TPSA) is 37.4 Å². The predicted molar refractivity (Wildman–Crippen MR) is 79.1 cm³/mol. The van der Waals surface area contributed by atoms with E-state index in [0.717, 1.165) is 16.5 Å². The van der Waals surface area contributed by atoms with Crippen LogP contribution < -0.4 is 4.90 Å². The number of aryl methyl sites for hydroxylation is 1. The zero-order valence-electron chi connectivity index (χ0n) is 11.0. The lowest BCUT2D eigenvalue weighted by Crippen LogP contribution is -2.32. The number of rotatable bonds is 1. The molecule has 3 aliphatic rings. The van der Waals surface area contributed by atoms with E-state index < -0.39 is 0 Å². The van der Waals surface area contributed by atoms with Gasteiger partial charge < -0.3 is 0 Å². The molecular weight excluding hydrogens is 318 g/mol. The fourth-order valence-corrected chi connectivity index (χ4v) is 4.24. The Balaban J connectivity index is 1.76. The lowest BCUT2D eigenvalue weighted by atomic mass is 9.85. The first kappa shape index (κ1) is 12.3. The lowest BCUT2D eigenvalue weighted by molar-refractivity contribution is -0.123. The van der Waals surface area contributed by atoms with E-state index in [9.17, 15) is 9.59 Å². The molecule has 1 aromatic carbocycles. The summed E-state index contributed by atoms with van der Waals surface area (Å²) in [6, 6.07) is 5.65. The summed E-state index contributed by atoms with van der Waals surface area (Å²) in [6.07, 6.45) is 5.20. The Hall–Kier alpha value is -1.42. The third-order valence-corrected chi connectivity index (χ3v) is 5.74. The van der Waals surface area contributed by atoms with Crippen molar-refractivity contribution in [2.24, 2.45) is 23.7 Å². The van der Waals surface area contributed by atoms with E-state index in [1.807, 2.05) is 25.1 Å². The highest BCUT2D eigenvalue weighted by atomic mass is 79.9. The average molecular weight is 332 g/mol. The van der Waals surface area contributed by atoms with Crippen molar-refractivity contribution in [1.29, 1.82) is 0 Å². The van der Waals surface area contributed by atoms with Crippen LogP contribution in [-0.4, -0.2) is 11.8 Å². The maximum atomic E-state index is 12.6. The van der Waals surface area contributed by atoms with Crippen LogP contribution in [0.3, 0.4) is 0 Å². The zero-order chi connectivity index (χ0) is 14.0. The Labute approximate surface area is 125 Å². The Kier molecular flexibility index (Phi) is 2.49. The molecule has 0 radical (unpaired) electrons. The van der Waals surface area contributed by atoms with E-state index in [0.29, 0.717) is 5.69 Å². The molecule has 1 aromatic rings. The fraction of sp³-hybridized carbons (Fsp3) is 0.375. The van der Waals surface area contributed by atoms with E-state index >= 15 is 0 Å². The van der Waals surface area contributed by atoms with Gasteiger partial charge in [0.25, 0.3) is 0 Å². The highest BCUT2D eigenvalue weighted by Gasteiger charge is 2.59. The highest BCUT2D eigenvalue weighted by molar-refractivity contribution is 9.10. The minimum Gasteiger partial charge on any atom is -0.274 e. The Morgan fingerprint density at radius 2 is 1.70 bits per heavy atom. The van der Waals surface area contributed by atoms with Gasteiger partial charge in [0.1, 0.15) is 0 Å². The minimum absolute atomic E-state index is 0.0207. The molecule has 2 amide bonds. The van der Waals surface area contributed by atoms with Crippen LogP contribution in [0.15, 0.2) is 34.8 Å². The molecule has 2 fully saturated rings. The van der Waals surface area contributed by atoms with Crippen molar-refractivity contribution in [3.63, 3.8) is 0 Å². The van der Waals surface area contributed by atoms with Gasteiger partial charge in [0, 0.05) is 4.47 Å². The van der Waals surface area contributed by atoms with Gasteiger partial charge >= 0.3 is 0 Å². The van der Waals surface area contributed by atoms with Gasteiger partial charge in [-0.3, -0.25) is 9.59 Å². The zero-order valence-corrected chi connectivity index (χ0v) is 12.6. The number of fused-ring (bicyclic) bond motifs is 5. The van der Waals surface area contributed by atoms with Crippen molar-refractivity contribution < 1.29 is 9.59 Å². The smallest absolute Gasteiger partial charge is 0.238 e.